The zero-order valence-electron chi connectivity index (χ0n) is 20.8. The average Bonchev–Trinajstić information content (AvgIpc) is 2.38. The van der Waals surface area contributed by atoms with E-state index in [1.165, 1.54) is 0 Å². The molecule has 0 aromatic carbocycles. The van der Waals surface area contributed by atoms with Gasteiger partial charge in [0, 0.05) is 0 Å². The molecule has 0 radical (unpaired) electrons. The topological polar surface area (TPSA) is 82.1 Å². The molecule has 0 aromatic rings. The van der Waals surface area contributed by atoms with Gasteiger partial charge < -0.3 is 19.0 Å². The summed E-state index contributed by atoms with van der Waals surface area (Å²) in [5.41, 5.74) is -1.60. The second kappa shape index (κ2) is 9.48. The molecule has 0 saturated heterocycles. The third-order valence-electron chi connectivity index (χ3n) is 4.89. The van der Waals surface area contributed by atoms with Crippen LogP contribution in [-0.4, -0.2) is 48.8 Å². The van der Waals surface area contributed by atoms with Crippen molar-refractivity contribution >= 4 is 20.3 Å². The fourth-order valence-electron chi connectivity index (χ4n) is 2.41. The first-order valence-corrected chi connectivity index (χ1v) is 13.3. The standard InChI is InChI=1S/C22H44O6Si/c1-14(2)17(28-29(12,13)22(9,10)11)16(23)15(18(24)26-20(3,4)5)19(25)27-21(6,7)8/h14-17,23H,1-13H3/t16-,17+/m1/s1. The van der Waals surface area contributed by atoms with Crippen LogP contribution in [0.3, 0.4) is 0 Å². The Labute approximate surface area is 178 Å². The van der Waals surface area contributed by atoms with Crippen molar-refractivity contribution < 1.29 is 28.6 Å². The maximum absolute atomic E-state index is 12.9. The SMILES string of the molecule is CC(C)[C@H](O[Si](C)(C)C(C)(C)C)[C@H](O)C(C(=O)OC(C)(C)C)C(=O)OC(C)(C)C. The molecule has 172 valence electrons. The summed E-state index contributed by atoms with van der Waals surface area (Å²) in [4.78, 5) is 25.8. The van der Waals surface area contributed by atoms with E-state index in [2.05, 4.69) is 33.9 Å². The van der Waals surface area contributed by atoms with E-state index in [4.69, 9.17) is 13.9 Å². The second-order valence-corrected chi connectivity index (χ2v) is 16.4. The van der Waals surface area contributed by atoms with Gasteiger partial charge in [0.15, 0.2) is 14.2 Å². The lowest BCUT2D eigenvalue weighted by Gasteiger charge is -2.42. The minimum Gasteiger partial charge on any atom is -0.459 e. The fourth-order valence-corrected chi connectivity index (χ4v) is 3.86. The predicted octanol–water partition coefficient (Wildman–Crippen LogP) is 4.69. The van der Waals surface area contributed by atoms with E-state index in [1.54, 1.807) is 41.5 Å². The van der Waals surface area contributed by atoms with Gasteiger partial charge in [-0.15, -0.1) is 0 Å². The van der Waals surface area contributed by atoms with E-state index < -0.39 is 49.6 Å². The van der Waals surface area contributed by atoms with Crippen LogP contribution in [0.15, 0.2) is 0 Å². The second-order valence-electron chi connectivity index (χ2n) is 11.6. The van der Waals surface area contributed by atoms with E-state index in [-0.39, 0.29) is 11.0 Å². The minimum absolute atomic E-state index is 0.0901. The molecule has 0 aromatic heterocycles. The molecule has 0 spiro atoms. The van der Waals surface area contributed by atoms with Crippen molar-refractivity contribution in [3.8, 4) is 0 Å². The molecule has 6 nitrogen and oxygen atoms in total. The summed E-state index contributed by atoms with van der Waals surface area (Å²) in [6.07, 6.45) is -2.09. The molecule has 0 heterocycles. The van der Waals surface area contributed by atoms with Gasteiger partial charge in [0.05, 0.1) is 6.10 Å². The van der Waals surface area contributed by atoms with Crippen molar-refractivity contribution in [2.45, 2.75) is 118 Å². The lowest BCUT2D eigenvalue weighted by atomic mass is 9.91. The molecule has 0 fully saturated rings. The van der Waals surface area contributed by atoms with E-state index >= 15 is 0 Å². The van der Waals surface area contributed by atoms with Crippen LogP contribution in [0.2, 0.25) is 18.1 Å². The molecule has 0 aliphatic rings. The maximum atomic E-state index is 12.9. The summed E-state index contributed by atoms with van der Waals surface area (Å²) in [5.74, 6) is -3.20. The molecular formula is C22H44O6Si. The Morgan fingerprint density at radius 1 is 0.793 bits per heavy atom. The monoisotopic (exact) mass is 432 g/mol. The van der Waals surface area contributed by atoms with Gasteiger partial charge in [-0.3, -0.25) is 9.59 Å². The van der Waals surface area contributed by atoms with E-state index in [9.17, 15) is 14.7 Å². The number of rotatable bonds is 7. The predicted molar refractivity (Wildman–Crippen MR) is 118 cm³/mol. The molecule has 2 atom stereocenters. The van der Waals surface area contributed by atoms with E-state index in [0.29, 0.717) is 0 Å². The van der Waals surface area contributed by atoms with Crippen molar-refractivity contribution in [1.82, 2.24) is 0 Å². The van der Waals surface area contributed by atoms with Gasteiger partial charge in [-0.2, -0.15) is 0 Å². The van der Waals surface area contributed by atoms with Gasteiger partial charge in [0.2, 0.25) is 0 Å². The number of carbonyl (C=O) groups is 2. The molecule has 7 heteroatoms. The largest absolute Gasteiger partial charge is 0.459 e. The van der Waals surface area contributed by atoms with Crippen LogP contribution < -0.4 is 0 Å². The van der Waals surface area contributed by atoms with Crippen LogP contribution in [0.5, 0.6) is 0 Å². The van der Waals surface area contributed by atoms with E-state index in [1.807, 2.05) is 13.8 Å². The van der Waals surface area contributed by atoms with Crippen LogP contribution in [0.25, 0.3) is 0 Å². The Morgan fingerprint density at radius 2 is 1.14 bits per heavy atom. The Bertz CT molecular complexity index is 535. The Morgan fingerprint density at radius 3 is 1.38 bits per heavy atom. The molecule has 0 saturated carbocycles. The van der Waals surface area contributed by atoms with Gasteiger partial charge in [-0.05, 0) is 65.6 Å². The summed E-state index contributed by atoms with van der Waals surface area (Å²) in [7, 11) is -2.27. The van der Waals surface area contributed by atoms with Crippen molar-refractivity contribution in [3.63, 3.8) is 0 Å². The summed E-state index contributed by atoms with van der Waals surface area (Å²) < 4.78 is 17.3. The first-order valence-electron chi connectivity index (χ1n) is 10.4. The Hall–Kier alpha value is -0.923. The molecule has 0 amide bonds. The van der Waals surface area contributed by atoms with Gasteiger partial charge in [-0.25, -0.2) is 0 Å². The number of aliphatic hydroxyl groups is 1. The molecule has 0 aliphatic heterocycles. The molecule has 0 unspecified atom stereocenters. The van der Waals surface area contributed by atoms with Crippen molar-refractivity contribution in [3.05, 3.63) is 0 Å². The lowest BCUT2D eigenvalue weighted by Crippen LogP contribution is -2.54. The highest BCUT2D eigenvalue weighted by atomic mass is 28.4. The Kier molecular flexibility index (Phi) is 9.18. The highest BCUT2D eigenvalue weighted by Crippen LogP contribution is 2.39. The van der Waals surface area contributed by atoms with Crippen molar-refractivity contribution in [1.29, 1.82) is 0 Å². The third kappa shape index (κ3) is 9.18. The van der Waals surface area contributed by atoms with Gasteiger partial charge in [0.25, 0.3) is 0 Å². The Balaban J connectivity index is 6.03. The average molecular weight is 433 g/mol. The van der Waals surface area contributed by atoms with Gasteiger partial charge in [-0.1, -0.05) is 34.6 Å². The summed E-state index contributed by atoms with van der Waals surface area (Å²) in [5, 5.41) is 11.1. The minimum atomic E-state index is -2.27. The van der Waals surface area contributed by atoms with Crippen LogP contribution >= 0.6 is 0 Å². The molecule has 1 N–H and O–H groups in total. The van der Waals surface area contributed by atoms with Crippen LogP contribution in [0.1, 0.15) is 76.2 Å². The zero-order valence-corrected chi connectivity index (χ0v) is 21.8. The molecule has 0 rings (SSSR count). The highest BCUT2D eigenvalue weighted by Gasteiger charge is 2.48. The third-order valence-corrected chi connectivity index (χ3v) is 9.37. The van der Waals surface area contributed by atoms with Gasteiger partial charge in [0.1, 0.15) is 17.3 Å². The van der Waals surface area contributed by atoms with Crippen molar-refractivity contribution in [2.75, 3.05) is 0 Å². The number of aliphatic hydroxyl groups excluding tert-OH is 1. The molecule has 0 bridgehead atoms. The first kappa shape index (κ1) is 28.1. The summed E-state index contributed by atoms with van der Waals surface area (Å²) in [6, 6.07) is 0. The van der Waals surface area contributed by atoms with E-state index in [0.717, 1.165) is 0 Å². The maximum Gasteiger partial charge on any atom is 0.323 e. The number of hydrogen-bond acceptors (Lipinski definition) is 6. The normalized spacial score (nSPS) is 16.0. The first-order chi connectivity index (χ1) is 12.6. The smallest absolute Gasteiger partial charge is 0.323 e. The highest BCUT2D eigenvalue weighted by molar-refractivity contribution is 6.74. The van der Waals surface area contributed by atoms with Crippen molar-refractivity contribution in [2.24, 2.45) is 11.8 Å². The lowest BCUT2D eigenvalue weighted by molar-refractivity contribution is -0.184. The van der Waals surface area contributed by atoms with Crippen LogP contribution in [0.4, 0.5) is 0 Å². The number of ether oxygens (including phenoxy) is 2. The van der Waals surface area contributed by atoms with Gasteiger partial charge >= 0.3 is 11.9 Å². The number of hydrogen-bond donors (Lipinski definition) is 1. The number of esters is 2. The number of carbonyl (C=O) groups excluding carboxylic acids is 2. The fraction of sp³-hybridized carbons (Fsp3) is 0.909. The molecular weight excluding hydrogens is 388 g/mol. The zero-order chi connectivity index (χ0) is 23.6. The molecule has 29 heavy (non-hydrogen) atoms. The van der Waals surface area contributed by atoms with Crippen LogP contribution in [-0.2, 0) is 23.5 Å². The summed E-state index contributed by atoms with van der Waals surface area (Å²) >= 11 is 0. The quantitative estimate of drug-likeness (QED) is 0.357. The van der Waals surface area contributed by atoms with Crippen LogP contribution in [0, 0.1) is 11.8 Å². The summed E-state index contributed by atoms with van der Waals surface area (Å²) in [6.45, 7) is 24.6. The molecule has 0 aliphatic carbocycles.